The molecule has 0 unspecified atom stereocenters. The van der Waals surface area contributed by atoms with Gasteiger partial charge < -0.3 is 10.8 Å². The molecule has 1 heterocycles. The van der Waals surface area contributed by atoms with Gasteiger partial charge in [-0.25, -0.2) is 0 Å². The molecule has 0 bridgehead atoms. The second kappa shape index (κ2) is 2.66. The van der Waals surface area contributed by atoms with Gasteiger partial charge in [-0.3, -0.25) is 4.98 Å². The van der Waals surface area contributed by atoms with E-state index in [-0.39, 0.29) is 5.75 Å². The van der Waals surface area contributed by atoms with Crippen molar-refractivity contribution < 1.29 is 5.11 Å². The van der Waals surface area contributed by atoms with Gasteiger partial charge in [0.15, 0.2) is 0 Å². The number of rotatable bonds is 1. The van der Waals surface area contributed by atoms with Gasteiger partial charge in [-0.2, -0.15) is 0 Å². The lowest BCUT2D eigenvalue weighted by Crippen LogP contribution is -1.99. The smallest absolute Gasteiger partial charge is 0.136 e. The highest BCUT2D eigenvalue weighted by molar-refractivity contribution is 5.26. The van der Waals surface area contributed by atoms with Crippen LogP contribution in [0.5, 0.6) is 5.75 Å². The fraction of sp³-hybridized carbons (Fsp3) is 0.286. The number of nitrogens with two attached hydrogens (primary N) is 1. The molecule has 0 amide bonds. The van der Waals surface area contributed by atoms with Gasteiger partial charge in [-0.1, -0.05) is 0 Å². The Hall–Kier alpha value is -1.09. The zero-order chi connectivity index (χ0) is 7.56. The largest absolute Gasteiger partial charge is 0.506 e. The third kappa shape index (κ3) is 1.25. The van der Waals surface area contributed by atoms with Gasteiger partial charge in [0.1, 0.15) is 5.75 Å². The highest BCUT2D eigenvalue weighted by atomic mass is 16.3. The SMILES string of the molecule is Cc1nc(CN)ccc1O. The second-order valence-electron chi connectivity index (χ2n) is 2.11. The van der Waals surface area contributed by atoms with Gasteiger partial charge >= 0.3 is 0 Å². The van der Waals surface area contributed by atoms with Gasteiger partial charge in [-0.15, -0.1) is 0 Å². The monoisotopic (exact) mass is 138 g/mol. The van der Waals surface area contributed by atoms with E-state index in [0.717, 1.165) is 5.69 Å². The molecular formula is C7H10N2O. The zero-order valence-corrected chi connectivity index (χ0v) is 5.83. The summed E-state index contributed by atoms with van der Waals surface area (Å²) >= 11 is 0. The molecule has 3 heteroatoms. The first-order valence-electron chi connectivity index (χ1n) is 3.09. The van der Waals surface area contributed by atoms with E-state index in [1.807, 2.05) is 0 Å². The topological polar surface area (TPSA) is 59.1 Å². The summed E-state index contributed by atoms with van der Waals surface area (Å²) in [6, 6.07) is 3.31. The Morgan fingerprint density at radius 3 is 2.80 bits per heavy atom. The number of aromatic hydroxyl groups is 1. The van der Waals surface area contributed by atoms with E-state index in [1.165, 1.54) is 0 Å². The summed E-state index contributed by atoms with van der Waals surface area (Å²) in [4.78, 5) is 4.02. The van der Waals surface area contributed by atoms with Crippen LogP contribution in [-0.4, -0.2) is 10.1 Å². The predicted octanol–water partition coefficient (Wildman–Crippen LogP) is 0.554. The van der Waals surface area contributed by atoms with Crippen molar-refractivity contribution in [1.82, 2.24) is 4.98 Å². The molecule has 0 aromatic carbocycles. The van der Waals surface area contributed by atoms with E-state index in [1.54, 1.807) is 19.1 Å². The molecule has 3 nitrogen and oxygen atoms in total. The Morgan fingerprint density at radius 2 is 2.30 bits per heavy atom. The number of hydrogen-bond acceptors (Lipinski definition) is 3. The molecule has 1 rings (SSSR count). The fourth-order valence-corrected chi connectivity index (χ4v) is 0.719. The minimum Gasteiger partial charge on any atom is -0.506 e. The molecule has 0 spiro atoms. The molecule has 0 aliphatic carbocycles. The minimum atomic E-state index is 0.220. The summed E-state index contributed by atoms with van der Waals surface area (Å²) in [6.07, 6.45) is 0. The average molecular weight is 138 g/mol. The van der Waals surface area contributed by atoms with Crippen LogP contribution in [0.3, 0.4) is 0 Å². The van der Waals surface area contributed by atoms with Crippen LogP contribution in [0.25, 0.3) is 0 Å². The van der Waals surface area contributed by atoms with Crippen molar-refractivity contribution in [3.05, 3.63) is 23.5 Å². The average Bonchev–Trinajstić information content (AvgIpc) is 1.95. The predicted molar refractivity (Wildman–Crippen MR) is 38.5 cm³/mol. The van der Waals surface area contributed by atoms with Gasteiger partial charge in [-0.05, 0) is 19.1 Å². The van der Waals surface area contributed by atoms with E-state index >= 15 is 0 Å². The van der Waals surface area contributed by atoms with Crippen molar-refractivity contribution in [3.8, 4) is 5.75 Å². The minimum absolute atomic E-state index is 0.220. The third-order valence-corrected chi connectivity index (χ3v) is 1.32. The van der Waals surface area contributed by atoms with Crippen LogP contribution >= 0.6 is 0 Å². The van der Waals surface area contributed by atoms with Crippen molar-refractivity contribution >= 4 is 0 Å². The Morgan fingerprint density at radius 1 is 1.60 bits per heavy atom. The van der Waals surface area contributed by atoms with Gasteiger partial charge in [0.2, 0.25) is 0 Å². The lowest BCUT2D eigenvalue weighted by atomic mass is 10.3. The summed E-state index contributed by atoms with van der Waals surface area (Å²) in [5, 5.41) is 9.04. The van der Waals surface area contributed by atoms with Gasteiger partial charge in [0, 0.05) is 6.54 Å². The molecule has 3 N–H and O–H groups in total. The van der Waals surface area contributed by atoms with Gasteiger partial charge in [0.05, 0.1) is 11.4 Å². The summed E-state index contributed by atoms with van der Waals surface area (Å²) in [7, 11) is 0. The molecule has 0 atom stereocenters. The zero-order valence-electron chi connectivity index (χ0n) is 5.83. The second-order valence-corrected chi connectivity index (χ2v) is 2.11. The van der Waals surface area contributed by atoms with Crippen LogP contribution in [0.2, 0.25) is 0 Å². The molecule has 0 aliphatic rings. The molecule has 1 aromatic heterocycles. The van der Waals surface area contributed by atoms with Crippen molar-refractivity contribution in [2.45, 2.75) is 13.5 Å². The summed E-state index contributed by atoms with van der Waals surface area (Å²) < 4.78 is 0. The lowest BCUT2D eigenvalue weighted by molar-refractivity contribution is 0.467. The molecule has 54 valence electrons. The van der Waals surface area contributed by atoms with E-state index in [4.69, 9.17) is 10.8 Å². The first-order valence-corrected chi connectivity index (χ1v) is 3.09. The maximum atomic E-state index is 9.04. The first-order chi connectivity index (χ1) is 4.74. The highest BCUT2D eigenvalue weighted by Crippen LogP contribution is 2.12. The van der Waals surface area contributed by atoms with Crippen LogP contribution in [0.1, 0.15) is 11.4 Å². The van der Waals surface area contributed by atoms with Crippen molar-refractivity contribution in [1.29, 1.82) is 0 Å². The van der Waals surface area contributed by atoms with E-state index in [2.05, 4.69) is 4.98 Å². The summed E-state index contributed by atoms with van der Waals surface area (Å²) in [5.74, 6) is 0.220. The third-order valence-electron chi connectivity index (χ3n) is 1.32. The van der Waals surface area contributed by atoms with E-state index < -0.39 is 0 Å². The quantitative estimate of drug-likeness (QED) is 0.596. The van der Waals surface area contributed by atoms with Gasteiger partial charge in [0.25, 0.3) is 0 Å². The Labute approximate surface area is 59.5 Å². The van der Waals surface area contributed by atoms with Crippen LogP contribution in [0, 0.1) is 6.92 Å². The fourth-order valence-electron chi connectivity index (χ4n) is 0.719. The molecule has 1 aromatic rings. The molecule has 0 saturated heterocycles. The normalized spacial score (nSPS) is 9.80. The maximum Gasteiger partial charge on any atom is 0.136 e. The molecule has 0 aliphatic heterocycles. The maximum absolute atomic E-state index is 9.04. The molecular weight excluding hydrogens is 128 g/mol. The van der Waals surface area contributed by atoms with Crippen LogP contribution < -0.4 is 5.73 Å². The summed E-state index contributed by atoms with van der Waals surface area (Å²) in [6.45, 7) is 2.16. The summed E-state index contributed by atoms with van der Waals surface area (Å²) in [5.41, 5.74) is 6.75. The Balaban J connectivity index is 3.04. The molecule has 0 radical (unpaired) electrons. The number of nitrogens with zero attached hydrogens (tertiary/aromatic N) is 1. The number of hydrogen-bond donors (Lipinski definition) is 2. The lowest BCUT2D eigenvalue weighted by Gasteiger charge is -1.98. The van der Waals surface area contributed by atoms with Crippen LogP contribution in [-0.2, 0) is 6.54 Å². The molecule has 0 saturated carbocycles. The van der Waals surface area contributed by atoms with Crippen molar-refractivity contribution in [2.75, 3.05) is 0 Å². The standard InChI is InChI=1S/C7H10N2O/c1-5-7(10)3-2-6(4-8)9-5/h2-3,10H,4,8H2,1H3. The molecule has 10 heavy (non-hydrogen) atoms. The van der Waals surface area contributed by atoms with E-state index in [9.17, 15) is 0 Å². The Bertz CT molecular complexity index is 235. The molecule has 0 fully saturated rings. The number of aryl methyl sites for hydroxylation is 1. The van der Waals surface area contributed by atoms with Crippen molar-refractivity contribution in [2.24, 2.45) is 5.73 Å². The first kappa shape index (κ1) is 7.02. The number of aromatic nitrogens is 1. The highest BCUT2D eigenvalue weighted by Gasteiger charge is 1.96. The van der Waals surface area contributed by atoms with Crippen molar-refractivity contribution in [3.63, 3.8) is 0 Å². The van der Waals surface area contributed by atoms with E-state index in [0.29, 0.717) is 12.2 Å². The number of pyridine rings is 1. The van der Waals surface area contributed by atoms with Crippen LogP contribution in [0.15, 0.2) is 12.1 Å². The van der Waals surface area contributed by atoms with Crippen LogP contribution in [0.4, 0.5) is 0 Å². The Kier molecular flexibility index (Phi) is 1.87.